The molecule has 0 saturated carbocycles. The zero-order valence-corrected chi connectivity index (χ0v) is 76.5. The summed E-state index contributed by atoms with van der Waals surface area (Å²) in [6.45, 7) is 11.9. The van der Waals surface area contributed by atoms with Crippen LogP contribution in [0.4, 0.5) is 19.2 Å². The van der Waals surface area contributed by atoms with Crippen molar-refractivity contribution in [2.24, 2.45) is 11.8 Å². The van der Waals surface area contributed by atoms with Gasteiger partial charge in [0.05, 0.1) is 106 Å². The number of aromatic amines is 4. The first-order valence-electron chi connectivity index (χ1n) is 42.3. The highest BCUT2D eigenvalue weighted by atomic mass is 35.5. The number of hydrogen-bond donors (Lipinski definition) is 10. The SMILES string of the molecule is COC(=O)N[C@@H](C)C(=O)N1[C@@H](c2ccccc2)CC[C@H]1c1ncc(-c2ccc(-c3ccc4cc(-c5cnc([C@@H]6CCCN6C(=O)[C@@H](NC(=O)OC)C(C)C)[nH]5)ccc4c3)cc2)[nH]1.COC(=O)N[C@@H](C)C(=O)O.COC(=O)N[C@H](C(=O)N1CCC[C@H]1c1ncc(-c2ccc3cc(-c4ccc(-c5cnc([C@@H]6CC[C@H](c7ccccc7)N6)[nH]5)cc4)ccc3c2)[nH]1)C(C)C.Cl.Cl.Cl.Cl.[HH].[HH]. The molecule has 4 saturated heterocycles. The highest BCUT2D eigenvalue weighted by Crippen LogP contribution is 2.45. The number of aliphatic carboxylic acids is 1. The van der Waals surface area contributed by atoms with Crippen LogP contribution in [0.3, 0.4) is 0 Å². The van der Waals surface area contributed by atoms with Gasteiger partial charge >= 0.3 is 30.3 Å². The summed E-state index contributed by atoms with van der Waals surface area (Å²) in [5, 5.41) is 26.6. The Kier molecular flexibility index (Phi) is 34.1. The van der Waals surface area contributed by atoms with Crippen molar-refractivity contribution in [2.45, 2.75) is 153 Å². The average molecular weight is 1840 g/mol. The Bertz CT molecular complexity index is 5850. The van der Waals surface area contributed by atoms with Gasteiger partial charge in [0.25, 0.3) is 0 Å². The number of H-pyrrole nitrogens is 4. The molecule has 0 bridgehead atoms. The number of carboxylic acids is 1. The van der Waals surface area contributed by atoms with E-state index in [1.54, 1.807) is 6.92 Å². The summed E-state index contributed by atoms with van der Waals surface area (Å²) in [6, 6.07) is 60.0. The van der Waals surface area contributed by atoms with Gasteiger partial charge < -0.3 is 85.3 Å². The number of amides is 7. The lowest BCUT2D eigenvalue weighted by Gasteiger charge is -2.32. The number of imidazole rings is 4. The minimum absolute atomic E-state index is 0. The summed E-state index contributed by atoms with van der Waals surface area (Å²) in [7, 11) is 5.05. The van der Waals surface area contributed by atoms with Gasteiger partial charge in [0, 0.05) is 33.1 Å². The molecule has 0 aliphatic carbocycles. The summed E-state index contributed by atoms with van der Waals surface area (Å²) >= 11 is 0. The van der Waals surface area contributed by atoms with Crippen molar-refractivity contribution in [1.82, 2.24) is 81.2 Å². The smallest absolute Gasteiger partial charge is 0.407 e. The summed E-state index contributed by atoms with van der Waals surface area (Å²) in [6.07, 6.45) is 11.7. The molecule has 4 aromatic heterocycles. The van der Waals surface area contributed by atoms with Gasteiger partial charge in [-0.2, -0.15) is 0 Å². The molecule has 10 N–H and O–H groups in total. The van der Waals surface area contributed by atoms with E-state index >= 15 is 0 Å². The number of fused-ring (bicyclic) bond motifs is 2. The minimum Gasteiger partial charge on any atom is -0.480 e. The van der Waals surface area contributed by atoms with E-state index < -0.39 is 54.5 Å². The number of nitrogens with one attached hydrogen (secondary N) is 9. The maximum absolute atomic E-state index is 13.9. The number of aromatic nitrogens is 8. The number of nitrogens with zero attached hydrogens (tertiary/aromatic N) is 7. The van der Waals surface area contributed by atoms with Crippen LogP contribution in [0.2, 0.25) is 0 Å². The molecule has 8 heterocycles. The Morgan fingerprint density at radius 3 is 1.11 bits per heavy atom. The zero-order valence-electron chi connectivity index (χ0n) is 73.2. The summed E-state index contributed by atoms with van der Waals surface area (Å²) in [5.74, 6) is 1.41. The van der Waals surface area contributed by atoms with Crippen molar-refractivity contribution in [3.05, 3.63) is 241 Å². The molecule has 4 fully saturated rings. The van der Waals surface area contributed by atoms with Crippen LogP contribution in [0, 0.1) is 11.8 Å². The quantitative estimate of drug-likeness (QED) is 0.0282. The highest BCUT2D eigenvalue weighted by Gasteiger charge is 2.43. The number of alkyl carbamates (subject to hydrolysis) is 4. The number of halogens is 4. The largest absolute Gasteiger partial charge is 0.480 e. The lowest BCUT2D eigenvalue weighted by Crippen LogP contribution is -2.51. The average Bonchev–Trinajstić information content (AvgIpc) is 1.65. The molecular weight excluding hydrogens is 1730 g/mol. The van der Waals surface area contributed by atoms with E-state index in [-0.39, 0.29) is 112 Å². The Hall–Kier alpha value is -12.8. The highest BCUT2D eigenvalue weighted by molar-refractivity contribution is 5.94. The van der Waals surface area contributed by atoms with E-state index in [1.165, 1.54) is 40.9 Å². The van der Waals surface area contributed by atoms with Crippen molar-refractivity contribution in [3.63, 3.8) is 0 Å². The van der Waals surface area contributed by atoms with Crippen molar-refractivity contribution < 1.29 is 65.3 Å². The van der Waals surface area contributed by atoms with Gasteiger partial charge in [-0.05, 0) is 167 Å². The van der Waals surface area contributed by atoms with Crippen molar-refractivity contribution >= 4 is 119 Å². The Morgan fingerprint density at radius 1 is 0.364 bits per heavy atom. The van der Waals surface area contributed by atoms with Gasteiger partial charge in [-0.25, -0.2) is 39.1 Å². The molecule has 4 aliphatic rings. The molecule has 0 radical (unpaired) electrons. The number of methoxy groups -OCH3 is 4. The normalized spacial score (nSPS) is 17.7. The number of benzene rings is 8. The molecule has 10 atom stereocenters. The molecule has 129 heavy (non-hydrogen) atoms. The van der Waals surface area contributed by atoms with Gasteiger partial charge in [0.15, 0.2) is 0 Å². The standard InChI is InChI=1S/C48H52N8O6.C43H45N7O3.C5H9NO4.4ClH.2H2/c1-28(2)42(54-48(60)62-5)46(58)55-23-9-12-40(55)43-49-27-38(53-43)36-20-19-34-24-33(17-18-35(34)25-36)30-13-15-31(16-14-30)37-26-50-44(52-37)41-22-21-39(32-10-7-6-8-11-32)56(41)45(57)29(3)51-47(59)61-4;1-26(2)39(49-43(52)53-3)42(51)50-21-7-10-38(50)41-45-25-37(48-41)33-18-17-31-22-30(15-16-32(31)23-33)27-11-13-29(14-12-27)36-24-44-40(47-36)35-20-19-34(46-35)28-8-5-4-6-9-28;1-3(4(7)8)6-5(9)10-2;;;;;;/h6-8,10-11,13-20,24-29,39-42H,9,12,21-23H2,1-5H3,(H,49,53)(H,50,52)(H,51,59)(H,54,60);4-6,8-9,11-18,22-26,34-35,38-39,46H,7,10,19-21H2,1-3H3,(H,44,47)(H,45,48)(H,49,52);3H,1-2H3,(H,6,9)(H,7,8);6*1H/t29-,39+,40-,41-,42-;34-,35+,38+,39+;3-;;;;;;/m010....../s1. The number of ether oxygens (including phenoxy) is 4. The third-order valence-corrected chi connectivity index (χ3v) is 23.8. The topological polar surface area (TPSA) is 378 Å². The molecule has 0 unspecified atom stereocenters. The number of rotatable bonds is 22. The van der Waals surface area contributed by atoms with Crippen LogP contribution < -0.4 is 26.6 Å². The summed E-state index contributed by atoms with van der Waals surface area (Å²) in [5.41, 5.74) is 14.5. The van der Waals surface area contributed by atoms with Crippen molar-refractivity contribution in [1.29, 1.82) is 0 Å². The van der Waals surface area contributed by atoms with E-state index in [2.05, 4.69) is 203 Å². The van der Waals surface area contributed by atoms with Crippen molar-refractivity contribution in [3.8, 4) is 67.3 Å². The van der Waals surface area contributed by atoms with E-state index in [0.717, 1.165) is 157 Å². The number of carbonyl (C=O) groups excluding carboxylic acids is 7. The molecule has 0 spiro atoms. The van der Waals surface area contributed by atoms with Crippen LogP contribution in [0.1, 0.15) is 166 Å². The van der Waals surface area contributed by atoms with Crippen LogP contribution in [0.5, 0.6) is 0 Å². The molecule has 33 heteroatoms. The van der Waals surface area contributed by atoms with E-state index in [1.807, 2.05) is 97.5 Å². The minimum atomic E-state index is -1.09. The predicted octanol–water partition coefficient (Wildman–Crippen LogP) is 19.0. The fraction of sp³-hybridized carbons (Fsp3) is 0.333. The van der Waals surface area contributed by atoms with Crippen LogP contribution in [-0.4, -0.2) is 173 Å². The second-order valence-corrected chi connectivity index (χ2v) is 32.6. The predicted molar refractivity (Wildman–Crippen MR) is 508 cm³/mol. The van der Waals surface area contributed by atoms with Crippen LogP contribution in [-0.2, 0) is 38.1 Å². The van der Waals surface area contributed by atoms with Gasteiger partial charge in [0.2, 0.25) is 17.7 Å². The maximum atomic E-state index is 13.9. The zero-order chi connectivity index (χ0) is 88.1. The maximum Gasteiger partial charge on any atom is 0.407 e. The first-order valence-corrected chi connectivity index (χ1v) is 42.3. The number of carboxylic acid groups (broad SMARTS) is 1. The monoisotopic (exact) mass is 1840 g/mol. The molecule has 8 aromatic carbocycles. The van der Waals surface area contributed by atoms with Crippen LogP contribution in [0.15, 0.2) is 207 Å². The lowest BCUT2D eigenvalue weighted by atomic mass is 9.98. The second-order valence-electron chi connectivity index (χ2n) is 32.6. The molecule has 4 aliphatic heterocycles. The lowest BCUT2D eigenvalue weighted by molar-refractivity contribution is -0.139. The second kappa shape index (κ2) is 44.8. The van der Waals surface area contributed by atoms with Gasteiger partial charge in [-0.1, -0.05) is 185 Å². The van der Waals surface area contributed by atoms with Gasteiger partial charge in [-0.3, -0.25) is 19.2 Å². The van der Waals surface area contributed by atoms with Crippen LogP contribution >= 0.6 is 49.6 Å². The molecule has 684 valence electrons. The van der Waals surface area contributed by atoms with Gasteiger partial charge in [-0.15, -0.1) is 49.6 Å². The molecule has 29 nitrogen and oxygen atoms in total. The van der Waals surface area contributed by atoms with E-state index in [0.29, 0.717) is 31.4 Å². The Morgan fingerprint density at radius 2 is 0.698 bits per heavy atom. The third-order valence-electron chi connectivity index (χ3n) is 23.8. The fourth-order valence-corrected chi connectivity index (χ4v) is 17.0. The summed E-state index contributed by atoms with van der Waals surface area (Å²) < 4.78 is 18.5. The number of carbonyl (C=O) groups is 8. The third kappa shape index (κ3) is 23.0. The first kappa shape index (κ1) is 98.4. The van der Waals surface area contributed by atoms with E-state index in [9.17, 15) is 38.4 Å². The van der Waals surface area contributed by atoms with Crippen LogP contribution in [0.25, 0.3) is 88.8 Å². The van der Waals surface area contributed by atoms with Gasteiger partial charge in [0.1, 0.15) is 47.5 Å². The number of hydrogen-bond acceptors (Lipinski definition) is 17. The molecule has 12 aromatic rings. The first-order chi connectivity index (χ1) is 60.4. The van der Waals surface area contributed by atoms with E-state index in [4.69, 9.17) is 39.3 Å². The fourth-order valence-electron chi connectivity index (χ4n) is 17.0. The summed E-state index contributed by atoms with van der Waals surface area (Å²) in [4.78, 5) is 136. The molecule has 7 amide bonds. The molecule has 16 rings (SSSR count). The Labute approximate surface area is 776 Å². The number of likely N-dealkylation sites (tertiary alicyclic amines) is 3. The molecular formula is C96H114Cl4N16O13. The van der Waals surface area contributed by atoms with Crippen molar-refractivity contribution in [2.75, 3.05) is 41.5 Å². The Balaban J connectivity index is 0.000000283.